The number of fused-ring (bicyclic) bond motifs is 6. The number of nitrogens with zero attached hydrogens (tertiary/aromatic N) is 2. The molecule has 3 N–H and O–H groups in total. The number of rotatable bonds is 8. The average molecular weight is 848 g/mol. The molecule has 2 aliphatic carbocycles. The molecule has 2 saturated carbocycles. The smallest absolute Gasteiger partial charge is 0.408 e. The third-order valence-electron chi connectivity index (χ3n) is 11.4. The zero-order valence-corrected chi connectivity index (χ0v) is 34.9. The Hall–Kier alpha value is -5.45. The molecule has 0 unspecified atom stereocenters. The van der Waals surface area contributed by atoms with Gasteiger partial charge in [-0.3, -0.25) is 19.1 Å². The molecular weight excluding hydrogens is 798 g/mol. The SMILES string of the molecule is CCOc1ccc2oc3c(O[C@H]4C[C@H]5C(=O)N[C@]6(C(=O)NS(=O)(=O)C7CC7)C[C@H]6/C=C\CCCCC[C@@H](NC(=O)OC(C)(C)C)C(=O)N5C4)c4cc(F)ccc4nc3c2c1. The van der Waals surface area contributed by atoms with Gasteiger partial charge in [0.1, 0.15) is 52.0 Å². The number of allylic oxidation sites excluding steroid dienone is 1. The van der Waals surface area contributed by atoms with Gasteiger partial charge >= 0.3 is 6.09 Å². The lowest BCUT2D eigenvalue weighted by molar-refractivity contribution is -0.141. The van der Waals surface area contributed by atoms with Gasteiger partial charge in [-0.2, -0.15) is 0 Å². The number of pyridine rings is 1. The highest BCUT2D eigenvalue weighted by atomic mass is 32.2. The molecule has 5 atom stereocenters. The van der Waals surface area contributed by atoms with Crippen molar-refractivity contribution in [3.63, 3.8) is 0 Å². The van der Waals surface area contributed by atoms with E-state index in [-0.39, 0.29) is 37.1 Å². The van der Waals surface area contributed by atoms with Crippen molar-refractivity contribution in [1.82, 2.24) is 25.2 Å². The second-order valence-electron chi connectivity index (χ2n) is 17.2. The van der Waals surface area contributed by atoms with Crippen molar-refractivity contribution in [1.29, 1.82) is 0 Å². The van der Waals surface area contributed by atoms with E-state index in [0.29, 0.717) is 65.4 Å². The molecule has 8 rings (SSSR count). The van der Waals surface area contributed by atoms with Crippen molar-refractivity contribution in [2.24, 2.45) is 5.92 Å². The molecule has 15 nitrogen and oxygen atoms in total. The van der Waals surface area contributed by atoms with Gasteiger partial charge in [-0.05, 0) is 103 Å². The van der Waals surface area contributed by atoms with Crippen LogP contribution in [0.4, 0.5) is 9.18 Å². The molecule has 2 aliphatic heterocycles. The van der Waals surface area contributed by atoms with Crippen LogP contribution in [0.2, 0.25) is 0 Å². The van der Waals surface area contributed by atoms with Crippen LogP contribution in [0.15, 0.2) is 53.0 Å². The molecule has 17 heteroatoms. The number of benzene rings is 2. The molecule has 2 aromatic carbocycles. The standard InChI is InChI=1S/C43H50FN5O10S/c1-5-56-26-14-18-34-30(20-26)35-37(58-34)36(29-19-25(44)13-17-31(29)45-35)57-27-21-33-38(50)47-43(40(52)48-60(54,55)28-15-16-28)22-24(43)11-9-7-6-8-10-12-32(39(51)49(33)23-27)46-41(53)59-42(2,3)4/h9,11,13-14,17-20,24,27-28,32-33H,5-8,10,12,15-16,21-23H2,1-4H3,(H,46,53)(H,47,50)(H,48,52)/b11-9-/t24-,27+,32-,33+,43-/m1/s1. The summed E-state index contributed by atoms with van der Waals surface area (Å²) in [6.45, 7) is 7.29. The van der Waals surface area contributed by atoms with Crippen LogP contribution < -0.4 is 24.8 Å². The highest BCUT2D eigenvalue weighted by Gasteiger charge is 2.62. The molecule has 4 aliphatic rings. The van der Waals surface area contributed by atoms with E-state index in [2.05, 4.69) is 15.4 Å². The number of hydrogen-bond acceptors (Lipinski definition) is 11. The second-order valence-corrected chi connectivity index (χ2v) is 19.1. The summed E-state index contributed by atoms with van der Waals surface area (Å²) in [4.78, 5) is 62.4. The second kappa shape index (κ2) is 15.9. The highest BCUT2D eigenvalue weighted by Crippen LogP contribution is 2.46. The molecule has 4 amide bonds. The van der Waals surface area contributed by atoms with E-state index in [1.54, 1.807) is 39.0 Å². The quantitative estimate of drug-likeness (QED) is 0.178. The predicted molar refractivity (Wildman–Crippen MR) is 219 cm³/mol. The van der Waals surface area contributed by atoms with Gasteiger partial charge in [0.25, 0.3) is 5.91 Å². The van der Waals surface area contributed by atoms with Crippen molar-refractivity contribution >= 4 is 66.8 Å². The number of halogens is 1. The van der Waals surface area contributed by atoms with E-state index in [4.69, 9.17) is 23.6 Å². The van der Waals surface area contributed by atoms with Crippen molar-refractivity contribution in [2.45, 2.75) is 120 Å². The Morgan fingerprint density at radius 1 is 1.07 bits per heavy atom. The monoisotopic (exact) mass is 847 g/mol. The molecule has 3 fully saturated rings. The number of aromatic nitrogens is 1. The molecule has 2 aromatic heterocycles. The van der Waals surface area contributed by atoms with Gasteiger partial charge in [-0.25, -0.2) is 22.6 Å². The summed E-state index contributed by atoms with van der Waals surface area (Å²) in [6, 6.07) is 7.08. The fraction of sp³-hybridized carbons (Fsp3) is 0.512. The third kappa shape index (κ3) is 8.45. The van der Waals surface area contributed by atoms with Crippen LogP contribution in [0, 0.1) is 11.7 Å². The first-order chi connectivity index (χ1) is 28.5. The average Bonchev–Trinajstić information content (AvgIpc) is 4.08. The van der Waals surface area contributed by atoms with Crippen molar-refractivity contribution in [2.75, 3.05) is 13.2 Å². The lowest BCUT2D eigenvalue weighted by Crippen LogP contribution is -2.58. The summed E-state index contributed by atoms with van der Waals surface area (Å²) in [5.41, 5.74) is -0.874. The number of carbonyl (C=O) groups is 4. The summed E-state index contributed by atoms with van der Waals surface area (Å²) >= 11 is 0. The zero-order chi connectivity index (χ0) is 42.6. The summed E-state index contributed by atoms with van der Waals surface area (Å²) in [5, 5.41) is 5.87. The van der Waals surface area contributed by atoms with Crippen LogP contribution in [0.3, 0.4) is 0 Å². The first kappa shape index (κ1) is 41.3. The van der Waals surface area contributed by atoms with Gasteiger partial charge in [-0.1, -0.05) is 25.0 Å². The van der Waals surface area contributed by atoms with E-state index in [1.807, 2.05) is 19.1 Å². The summed E-state index contributed by atoms with van der Waals surface area (Å²) in [5.74, 6) is -2.37. The Labute approximate surface area is 346 Å². The fourth-order valence-corrected chi connectivity index (χ4v) is 9.56. The Bertz CT molecular complexity index is 2510. The molecule has 320 valence electrons. The van der Waals surface area contributed by atoms with Crippen LogP contribution in [0.1, 0.15) is 85.5 Å². The minimum Gasteiger partial charge on any atom is -0.494 e. The maximum atomic E-state index is 14.9. The van der Waals surface area contributed by atoms with E-state index in [1.165, 1.54) is 23.1 Å². The molecule has 60 heavy (non-hydrogen) atoms. The van der Waals surface area contributed by atoms with Crippen molar-refractivity contribution in [3.8, 4) is 11.5 Å². The lowest BCUT2D eigenvalue weighted by atomic mass is 10.0. The minimum absolute atomic E-state index is 0.0787. The fourth-order valence-electron chi connectivity index (χ4n) is 8.20. The Kier molecular flexibility index (Phi) is 10.9. The summed E-state index contributed by atoms with van der Waals surface area (Å²) in [7, 11) is -3.95. The zero-order valence-electron chi connectivity index (χ0n) is 34.0. The number of sulfonamides is 1. The van der Waals surface area contributed by atoms with Gasteiger partial charge < -0.3 is 34.2 Å². The maximum absolute atomic E-state index is 14.9. The number of amides is 4. The van der Waals surface area contributed by atoms with E-state index in [0.717, 1.165) is 12.8 Å². The number of furan rings is 1. The molecule has 0 spiro atoms. The highest BCUT2D eigenvalue weighted by molar-refractivity contribution is 7.91. The lowest BCUT2D eigenvalue weighted by Gasteiger charge is -2.30. The molecule has 4 heterocycles. The maximum Gasteiger partial charge on any atom is 0.408 e. The number of nitrogens with one attached hydrogen (secondary N) is 3. The topological polar surface area (TPSA) is 195 Å². The first-order valence-electron chi connectivity index (χ1n) is 20.6. The summed E-state index contributed by atoms with van der Waals surface area (Å²) in [6.07, 6.45) is 6.01. The van der Waals surface area contributed by atoms with Gasteiger partial charge in [0.15, 0.2) is 11.3 Å². The van der Waals surface area contributed by atoms with E-state index < -0.39 is 80.2 Å². The Morgan fingerprint density at radius 3 is 2.62 bits per heavy atom. The predicted octanol–water partition coefficient (Wildman–Crippen LogP) is 5.92. The van der Waals surface area contributed by atoms with Gasteiger partial charge in [0.05, 0.1) is 29.3 Å². The molecule has 4 aromatic rings. The summed E-state index contributed by atoms with van der Waals surface area (Å²) < 4.78 is 67.3. The van der Waals surface area contributed by atoms with Gasteiger partial charge in [0, 0.05) is 17.7 Å². The minimum atomic E-state index is -3.95. The van der Waals surface area contributed by atoms with Crippen LogP contribution in [0.5, 0.6) is 11.5 Å². The molecule has 0 bridgehead atoms. The van der Waals surface area contributed by atoms with Crippen molar-refractivity contribution < 1.29 is 50.6 Å². The van der Waals surface area contributed by atoms with E-state index in [9.17, 15) is 32.0 Å². The normalized spacial score (nSPS) is 25.7. The number of carbonyl (C=O) groups excluding carboxylic acids is 4. The number of alkyl carbamates (subject to hydrolysis) is 1. The third-order valence-corrected chi connectivity index (χ3v) is 13.2. The van der Waals surface area contributed by atoms with Crippen LogP contribution in [-0.2, 0) is 29.1 Å². The Balaban J connectivity index is 1.17. The van der Waals surface area contributed by atoms with Gasteiger partial charge in [0.2, 0.25) is 21.8 Å². The first-order valence-corrected chi connectivity index (χ1v) is 22.2. The van der Waals surface area contributed by atoms with Crippen LogP contribution in [0.25, 0.3) is 33.0 Å². The Morgan fingerprint density at radius 2 is 1.87 bits per heavy atom. The number of ether oxygens (including phenoxy) is 3. The number of hydrogen-bond donors (Lipinski definition) is 3. The van der Waals surface area contributed by atoms with Gasteiger partial charge in [-0.15, -0.1) is 0 Å². The van der Waals surface area contributed by atoms with E-state index >= 15 is 0 Å². The van der Waals surface area contributed by atoms with Crippen molar-refractivity contribution in [3.05, 3.63) is 54.4 Å². The van der Waals surface area contributed by atoms with Crippen LogP contribution in [-0.4, -0.2) is 89.8 Å². The largest absolute Gasteiger partial charge is 0.494 e. The molecule has 1 saturated heterocycles. The van der Waals surface area contributed by atoms with Crippen LogP contribution >= 0.6 is 0 Å². The molecule has 0 radical (unpaired) electrons. The molecular formula is C43H50FN5O10S.